The van der Waals surface area contributed by atoms with Crippen molar-refractivity contribution in [3.05, 3.63) is 82.8 Å². The van der Waals surface area contributed by atoms with Crippen molar-refractivity contribution in [2.75, 3.05) is 0 Å². The van der Waals surface area contributed by atoms with Crippen molar-refractivity contribution in [3.63, 3.8) is 0 Å². The van der Waals surface area contributed by atoms with E-state index in [0.717, 1.165) is 39.7 Å². The van der Waals surface area contributed by atoms with E-state index in [2.05, 4.69) is 6.07 Å². The lowest BCUT2D eigenvalue weighted by Gasteiger charge is -2.36. The van der Waals surface area contributed by atoms with Gasteiger partial charge in [0, 0.05) is 17.5 Å². The predicted molar refractivity (Wildman–Crippen MR) is 102 cm³/mol. The molecule has 3 aromatic rings. The summed E-state index contributed by atoms with van der Waals surface area (Å²) in [5.41, 5.74) is 3.82. The van der Waals surface area contributed by atoms with Crippen LogP contribution in [0.2, 0.25) is 0 Å². The standard InChI is InChI=1S/C22H20N2O3/c1-13-7-9-19(25)16(11-13)17-12-18-15-5-3-4-6-20(15)27-22(24(18)23-17)21-10-8-14(2)26-21/h3-11,18,22,25H,12H2,1-2H3/t18-,22+/m0/s1. The zero-order valence-corrected chi connectivity index (χ0v) is 15.2. The molecule has 0 unspecified atom stereocenters. The van der Waals surface area contributed by atoms with Gasteiger partial charge in [-0.1, -0.05) is 29.8 Å². The van der Waals surface area contributed by atoms with E-state index in [1.54, 1.807) is 6.07 Å². The van der Waals surface area contributed by atoms with Crippen LogP contribution in [0.5, 0.6) is 11.5 Å². The Morgan fingerprint density at radius 1 is 1.07 bits per heavy atom. The van der Waals surface area contributed by atoms with Crippen LogP contribution < -0.4 is 4.74 Å². The van der Waals surface area contributed by atoms with Gasteiger partial charge in [0.25, 0.3) is 0 Å². The number of benzene rings is 2. The summed E-state index contributed by atoms with van der Waals surface area (Å²) >= 11 is 0. The number of aromatic hydroxyl groups is 1. The number of furan rings is 1. The Hall–Kier alpha value is -3.21. The number of phenolic OH excluding ortho intramolecular Hbond substituents is 1. The number of hydrazone groups is 1. The number of ether oxygens (including phenoxy) is 1. The van der Waals surface area contributed by atoms with Crippen molar-refractivity contribution in [2.24, 2.45) is 5.10 Å². The Balaban J connectivity index is 1.62. The largest absolute Gasteiger partial charge is 0.507 e. The van der Waals surface area contributed by atoms with Gasteiger partial charge in [-0.2, -0.15) is 5.10 Å². The molecule has 1 N–H and O–H groups in total. The lowest BCUT2D eigenvalue weighted by Crippen LogP contribution is -2.33. The molecule has 136 valence electrons. The second-order valence-corrected chi connectivity index (χ2v) is 7.12. The Labute approximate surface area is 157 Å². The minimum Gasteiger partial charge on any atom is -0.507 e. The second kappa shape index (κ2) is 5.91. The molecule has 2 aliphatic rings. The van der Waals surface area contributed by atoms with Crippen LogP contribution in [0.4, 0.5) is 0 Å². The monoisotopic (exact) mass is 360 g/mol. The highest BCUT2D eigenvalue weighted by Gasteiger charge is 2.42. The zero-order valence-electron chi connectivity index (χ0n) is 15.2. The summed E-state index contributed by atoms with van der Waals surface area (Å²) in [4.78, 5) is 0. The maximum atomic E-state index is 10.4. The molecule has 5 rings (SSSR count). The molecule has 0 fully saturated rings. The van der Waals surface area contributed by atoms with E-state index in [-0.39, 0.29) is 11.8 Å². The first kappa shape index (κ1) is 16.0. The van der Waals surface area contributed by atoms with E-state index in [4.69, 9.17) is 14.3 Å². The topological polar surface area (TPSA) is 58.2 Å². The van der Waals surface area contributed by atoms with Crippen LogP contribution in [-0.4, -0.2) is 15.8 Å². The fourth-order valence-corrected chi connectivity index (χ4v) is 3.85. The van der Waals surface area contributed by atoms with Crippen molar-refractivity contribution >= 4 is 5.71 Å². The van der Waals surface area contributed by atoms with Crippen LogP contribution in [0, 0.1) is 13.8 Å². The summed E-state index contributed by atoms with van der Waals surface area (Å²) in [6.07, 6.45) is 0.274. The number of phenols is 1. The molecule has 0 aliphatic carbocycles. The van der Waals surface area contributed by atoms with Gasteiger partial charge in [-0.15, -0.1) is 0 Å². The maximum Gasteiger partial charge on any atom is 0.246 e. The summed E-state index contributed by atoms with van der Waals surface area (Å²) in [6, 6.07) is 17.6. The van der Waals surface area contributed by atoms with E-state index in [9.17, 15) is 5.11 Å². The molecule has 5 heteroatoms. The Morgan fingerprint density at radius 2 is 1.93 bits per heavy atom. The average molecular weight is 360 g/mol. The molecular formula is C22H20N2O3. The highest BCUT2D eigenvalue weighted by molar-refractivity contribution is 6.04. The van der Waals surface area contributed by atoms with Crippen molar-refractivity contribution in [1.29, 1.82) is 0 Å². The predicted octanol–water partition coefficient (Wildman–Crippen LogP) is 4.84. The van der Waals surface area contributed by atoms with Gasteiger partial charge in [0.15, 0.2) is 5.76 Å². The minimum atomic E-state index is -0.428. The van der Waals surface area contributed by atoms with E-state index >= 15 is 0 Å². The second-order valence-electron chi connectivity index (χ2n) is 7.12. The molecule has 0 bridgehead atoms. The smallest absolute Gasteiger partial charge is 0.246 e. The lowest BCUT2D eigenvalue weighted by atomic mass is 9.95. The van der Waals surface area contributed by atoms with Crippen molar-refractivity contribution in [2.45, 2.75) is 32.5 Å². The molecule has 0 amide bonds. The van der Waals surface area contributed by atoms with Gasteiger partial charge >= 0.3 is 0 Å². The van der Waals surface area contributed by atoms with Crippen LogP contribution in [0.15, 0.2) is 64.1 Å². The molecule has 0 saturated carbocycles. The maximum absolute atomic E-state index is 10.4. The van der Waals surface area contributed by atoms with Gasteiger partial charge in [0.05, 0.1) is 11.8 Å². The number of nitrogens with zero attached hydrogens (tertiary/aromatic N) is 2. The number of hydrogen-bond acceptors (Lipinski definition) is 5. The Kier molecular flexibility index (Phi) is 3.50. The lowest BCUT2D eigenvalue weighted by molar-refractivity contribution is -0.0329. The fraction of sp³-hybridized carbons (Fsp3) is 0.227. The number of fused-ring (bicyclic) bond motifs is 3. The summed E-state index contributed by atoms with van der Waals surface area (Å²) < 4.78 is 12.1. The number of hydrogen-bond donors (Lipinski definition) is 1. The van der Waals surface area contributed by atoms with Crippen LogP contribution in [0.3, 0.4) is 0 Å². The number of aryl methyl sites for hydroxylation is 2. The third kappa shape index (κ3) is 2.58. The van der Waals surface area contributed by atoms with Crippen molar-refractivity contribution < 1.29 is 14.3 Å². The Bertz CT molecular complexity index is 1050. The molecular weight excluding hydrogens is 340 g/mol. The molecule has 2 atom stereocenters. The van der Waals surface area contributed by atoms with Crippen LogP contribution in [0.1, 0.15) is 46.9 Å². The van der Waals surface area contributed by atoms with E-state index < -0.39 is 6.23 Å². The first-order valence-corrected chi connectivity index (χ1v) is 9.08. The van der Waals surface area contributed by atoms with Gasteiger partial charge in [-0.25, -0.2) is 5.01 Å². The molecule has 0 radical (unpaired) electrons. The summed E-state index contributed by atoms with van der Waals surface area (Å²) in [6.45, 7) is 3.93. The Morgan fingerprint density at radius 3 is 2.74 bits per heavy atom. The van der Waals surface area contributed by atoms with Gasteiger partial charge in [0.2, 0.25) is 6.23 Å². The SMILES string of the molecule is Cc1ccc(O)c(C2=NN3[C@@H](c4ccc(C)o4)Oc4ccccc4[C@@H]3C2)c1. The van der Waals surface area contributed by atoms with Gasteiger partial charge in [-0.3, -0.25) is 0 Å². The molecule has 2 aromatic carbocycles. The van der Waals surface area contributed by atoms with Crippen LogP contribution in [-0.2, 0) is 0 Å². The highest BCUT2D eigenvalue weighted by atomic mass is 16.5. The normalized spacial score (nSPS) is 20.7. The van der Waals surface area contributed by atoms with Crippen molar-refractivity contribution in [3.8, 4) is 11.5 Å². The molecule has 27 heavy (non-hydrogen) atoms. The molecule has 0 spiro atoms. The van der Waals surface area contributed by atoms with E-state index in [1.807, 2.05) is 61.3 Å². The summed E-state index contributed by atoms with van der Waals surface area (Å²) in [7, 11) is 0. The summed E-state index contributed by atoms with van der Waals surface area (Å²) in [5.74, 6) is 2.66. The quantitative estimate of drug-likeness (QED) is 0.710. The van der Waals surface area contributed by atoms with E-state index in [0.29, 0.717) is 6.42 Å². The zero-order chi connectivity index (χ0) is 18.5. The first-order chi connectivity index (χ1) is 13.1. The average Bonchev–Trinajstić information content (AvgIpc) is 3.30. The van der Waals surface area contributed by atoms with Crippen molar-refractivity contribution in [1.82, 2.24) is 5.01 Å². The molecule has 3 heterocycles. The van der Waals surface area contributed by atoms with Gasteiger partial charge in [-0.05, 0) is 44.2 Å². The third-order valence-electron chi connectivity index (χ3n) is 5.17. The van der Waals surface area contributed by atoms with Crippen LogP contribution in [0.25, 0.3) is 0 Å². The molecule has 0 saturated heterocycles. The molecule has 1 aromatic heterocycles. The summed E-state index contributed by atoms with van der Waals surface area (Å²) in [5, 5.41) is 17.2. The number of rotatable bonds is 2. The molecule has 5 nitrogen and oxygen atoms in total. The van der Waals surface area contributed by atoms with Gasteiger partial charge < -0.3 is 14.3 Å². The first-order valence-electron chi connectivity index (χ1n) is 9.08. The highest BCUT2D eigenvalue weighted by Crippen LogP contribution is 2.48. The molecule has 2 aliphatic heterocycles. The van der Waals surface area contributed by atoms with Crippen LogP contribution >= 0.6 is 0 Å². The minimum absolute atomic E-state index is 0.0419. The van der Waals surface area contributed by atoms with E-state index in [1.165, 1.54) is 0 Å². The number of para-hydroxylation sites is 1. The fourth-order valence-electron chi connectivity index (χ4n) is 3.85. The van der Waals surface area contributed by atoms with Gasteiger partial charge in [0.1, 0.15) is 17.3 Å². The third-order valence-corrected chi connectivity index (χ3v) is 5.17.